The van der Waals surface area contributed by atoms with Gasteiger partial charge in [0.05, 0.1) is 11.0 Å². The Kier molecular flexibility index (Phi) is 4.89. The van der Waals surface area contributed by atoms with Gasteiger partial charge in [-0.1, -0.05) is 31.4 Å². The summed E-state index contributed by atoms with van der Waals surface area (Å²) >= 11 is 0. The fourth-order valence-corrected chi connectivity index (χ4v) is 4.68. The van der Waals surface area contributed by atoms with E-state index in [-0.39, 0.29) is 29.9 Å². The minimum Gasteiger partial charge on any atom is -0.340 e. The molecule has 3 aliphatic rings. The van der Waals surface area contributed by atoms with Crippen LogP contribution in [-0.4, -0.2) is 57.4 Å². The van der Waals surface area contributed by atoms with Crippen LogP contribution in [0.4, 0.5) is 4.79 Å². The Morgan fingerprint density at radius 3 is 2.59 bits per heavy atom. The molecule has 154 valence electrons. The van der Waals surface area contributed by atoms with Crippen LogP contribution >= 0.6 is 0 Å². The van der Waals surface area contributed by atoms with Crippen molar-refractivity contribution in [3.8, 4) is 0 Å². The number of hydrogen-bond acceptors (Lipinski definition) is 3. The molecule has 2 saturated carbocycles. The lowest BCUT2D eigenvalue weighted by Gasteiger charge is -2.41. The number of aromatic nitrogens is 2. The highest BCUT2D eigenvalue weighted by molar-refractivity contribution is 5.82. The van der Waals surface area contributed by atoms with E-state index in [0.29, 0.717) is 19.6 Å². The number of urea groups is 1. The average Bonchev–Trinajstić information content (AvgIpc) is 3.51. The number of nitrogens with one attached hydrogen (secondary N) is 2. The molecule has 1 aromatic heterocycles. The van der Waals surface area contributed by atoms with Gasteiger partial charge >= 0.3 is 6.03 Å². The van der Waals surface area contributed by atoms with E-state index in [4.69, 9.17) is 4.98 Å². The zero-order valence-electron chi connectivity index (χ0n) is 16.8. The zero-order chi connectivity index (χ0) is 19.8. The van der Waals surface area contributed by atoms with Crippen molar-refractivity contribution in [1.29, 1.82) is 0 Å². The highest BCUT2D eigenvalue weighted by atomic mass is 16.2. The van der Waals surface area contributed by atoms with E-state index in [0.717, 1.165) is 42.5 Å². The number of fused-ring (bicyclic) bond motifs is 1. The summed E-state index contributed by atoms with van der Waals surface area (Å²) in [7, 11) is 0. The number of benzene rings is 1. The molecule has 1 aliphatic heterocycles. The Labute approximate surface area is 170 Å². The summed E-state index contributed by atoms with van der Waals surface area (Å²) < 4.78 is 0. The highest BCUT2D eigenvalue weighted by Crippen LogP contribution is 2.34. The van der Waals surface area contributed by atoms with Crippen LogP contribution in [0.5, 0.6) is 0 Å². The third kappa shape index (κ3) is 3.82. The van der Waals surface area contributed by atoms with Gasteiger partial charge in [0.1, 0.15) is 11.9 Å². The fraction of sp³-hybridized carbons (Fsp3) is 0.591. The molecule has 7 heteroatoms. The molecule has 1 saturated heterocycles. The SMILES string of the molecule is O=C(C1CC1)N1CCN(C(=O)NC2CCCCC2)C(c2nc3ccccc3[nH]2)C1. The van der Waals surface area contributed by atoms with Gasteiger partial charge in [0.25, 0.3) is 0 Å². The van der Waals surface area contributed by atoms with Gasteiger partial charge < -0.3 is 20.1 Å². The van der Waals surface area contributed by atoms with Crippen LogP contribution < -0.4 is 5.32 Å². The van der Waals surface area contributed by atoms with Gasteiger partial charge in [-0.3, -0.25) is 4.79 Å². The van der Waals surface area contributed by atoms with Crippen molar-refractivity contribution in [2.24, 2.45) is 5.92 Å². The van der Waals surface area contributed by atoms with Crippen molar-refractivity contribution >= 4 is 23.0 Å². The molecule has 3 fully saturated rings. The Balaban J connectivity index is 1.39. The van der Waals surface area contributed by atoms with Crippen molar-refractivity contribution in [1.82, 2.24) is 25.1 Å². The number of rotatable bonds is 3. The van der Waals surface area contributed by atoms with E-state index in [1.807, 2.05) is 34.1 Å². The molecule has 5 rings (SSSR count). The van der Waals surface area contributed by atoms with E-state index in [2.05, 4.69) is 10.3 Å². The molecule has 29 heavy (non-hydrogen) atoms. The van der Waals surface area contributed by atoms with Gasteiger partial charge in [-0.05, 0) is 37.8 Å². The topological polar surface area (TPSA) is 81.3 Å². The number of imidazole rings is 1. The van der Waals surface area contributed by atoms with Gasteiger partial charge in [-0.25, -0.2) is 9.78 Å². The number of hydrogen-bond donors (Lipinski definition) is 2. The van der Waals surface area contributed by atoms with Crippen LogP contribution in [0.15, 0.2) is 24.3 Å². The third-order valence-electron chi connectivity index (χ3n) is 6.54. The number of amides is 3. The Morgan fingerprint density at radius 1 is 1.03 bits per heavy atom. The van der Waals surface area contributed by atoms with Gasteiger partial charge in [-0.15, -0.1) is 0 Å². The quantitative estimate of drug-likeness (QED) is 0.837. The number of para-hydroxylation sites is 2. The summed E-state index contributed by atoms with van der Waals surface area (Å²) in [6.07, 6.45) is 7.73. The molecular formula is C22H29N5O2. The highest BCUT2D eigenvalue weighted by Gasteiger charge is 2.40. The van der Waals surface area contributed by atoms with Crippen LogP contribution in [0.2, 0.25) is 0 Å². The van der Waals surface area contributed by atoms with Crippen LogP contribution in [0.25, 0.3) is 11.0 Å². The molecular weight excluding hydrogens is 366 g/mol. The largest absolute Gasteiger partial charge is 0.340 e. The Morgan fingerprint density at radius 2 is 1.83 bits per heavy atom. The summed E-state index contributed by atoms with van der Waals surface area (Å²) in [5, 5.41) is 3.24. The monoisotopic (exact) mass is 395 g/mol. The second-order valence-electron chi connectivity index (χ2n) is 8.69. The van der Waals surface area contributed by atoms with Crippen molar-refractivity contribution in [2.75, 3.05) is 19.6 Å². The summed E-state index contributed by atoms with van der Waals surface area (Å²) in [6.45, 7) is 1.65. The number of nitrogens with zero attached hydrogens (tertiary/aromatic N) is 3. The smallest absolute Gasteiger partial charge is 0.318 e. The molecule has 1 aromatic carbocycles. The van der Waals surface area contributed by atoms with E-state index in [1.54, 1.807) is 0 Å². The number of piperazine rings is 1. The predicted molar refractivity (Wildman–Crippen MR) is 110 cm³/mol. The molecule has 0 radical (unpaired) electrons. The number of H-pyrrole nitrogens is 1. The molecule has 7 nitrogen and oxygen atoms in total. The molecule has 2 heterocycles. The van der Waals surface area contributed by atoms with Crippen molar-refractivity contribution in [3.63, 3.8) is 0 Å². The molecule has 0 spiro atoms. The van der Waals surface area contributed by atoms with Crippen LogP contribution in [0.1, 0.15) is 56.8 Å². The van der Waals surface area contributed by atoms with Crippen LogP contribution in [0, 0.1) is 5.92 Å². The maximum absolute atomic E-state index is 13.2. The molecule has 1 unspecified atom stereocenters. The van der Waals surface area contributed by atoms with Crippen LogP contribution in [-0.2, 0) is 4.79 Å². The summed E-state index contributed by atoms with van der Waals surface area (Å²) in [5.41, 5.74) is 1.85. The maximum Gasteiger partial charge on any atom is 0.318 e. The van der Waals surface area contributed by atoms with Gasteiger partial charge in [0, 0.05) is 31.6 Å². The first-order valence-corrected chi connectivity index (χ1v) is 11.0. The first kappa shape index (κ1) is 18.5. The average molecular weight is 396 g/mol. The molecule has 3 amide bonds. The third-order valence-corrected chi connectivity index (χ3v) is 6.54. The minimum absolute atomic E-state index is 0.0270. The van der Waals surface area contributed by atoms with Crippen molar-refractivity contribution in [3.05, 3.63) is 30.1 Å². The van der Waals surface area contributed by atoms with Crippen molar-refractivity contribution < 1.29 is 9.59 Å². The van der Waals surface area contributed by atoms with E-state index in [9.17, 15) is 9.59 Å². The number of carbonyl (C=O) groups is 2. The van der Waals surface area contributed by atoms with Gasteiger partial charge in [-0.2, -0.15) is 0 Å². The van der Waals surface area contributed by atoms with E-state index in [1.165, 1.54) is 19.3 Å². The van der Waals surface area contributed by atoms with E-state index < -0.39 is 0 Å². The predicted octanol–water partition coefficient (Wildman–Crippen LogP) is 3.20. The first-order chi connectivity index (χ1) is 14.2. The lowest BCUT2D eigenvalue weighted by molar-refractivity contribution is -0.135. The maximum atomic E-state index is 13.2. The molecule has 2 aromatic rings. The zero-order valence-corrected chi connectivity index (χ0v) is 16.8. The first-order valence-electron chi connectivity index (χ1n) is 11.0. The van der Waals surface area contributed by atoms with Gasteiger partial charge in [0.15, 0.2) is 0 Å². The number of aromatic amines is 1. The molecule has 2 aliphatic carbocycles. The van der Waals surface area contributed by atoms with Crippen molar-refractivity contribution in [2.45, 2.75) is 57.0 Å². The summed E-state index contributed by atoms with van der Waals surface area (Å²) in [5.74, 6) is 1.19. The molecule has 0 bridgehead atoms. The minimum atomic E-state index is -0.248. The second-order valence-corrected chi connectivity index (χ2v) is 8.69. The fourth-order valence-electron chi connectivity index (χ4n) is 4.68. The van der Waals surface area contributed by atoms with E-state index >= 15 is 0 Å². The summed E-state index contributed by atoms with van der Waals surface area (Å²) in [4.78, 5) is 37.8. The van der Waals surface area contributed by atoms with Crippen LogP contribution in [0.3, 0.4) is 0 Å². The summed E-state index contributed by atoms with van der Waals surface area (Å²) in [6, 6.07) is 7.89. The standard InChI is InChI=1S/C22H29N5O2/c28-21(15-10-11-15)26-12-13-27(22(29)23-16-6-2-1-3-7-16)19(14-26)20-24-17-8-4-5-9-18(17)25-20/h4-5,8-9,15-16,19H,1-3,6-7,10-14H2,(H,23,29)(H,24,25). The molecule has 2 N–H and O–H groups in total. The molecule has 1 atom stereocenters. The lowest BCUT2D eigenvalue weighted by atomic mass is 9.95. The Bertz CT molecular complexity index is 866. The second kappa shape index (κ2) is 7.69. The normalized spacial score (nSPS) is 23.4. The Hall–Kier alpha value is -2.57. The van der Waals surface area contributed by atoms with Gasteiger partial charge in [0.2, 0.25) is 5.91 Å². The number of carbonyl (C=O) groups excluding carboxylic acids is 2. The lowest BCUT2D eigenvalue weighted by Crippen LogP contribution is -2.56.